The summed E-state index contributed by atoms with van der Waals surface area (Å²) in [6.07, 6.45) is 0. The molecule has 1 saturated heterocycles. The lowest BCUT2D eigenvalue weighted by atomic mass is 10.2. The van der Waals surface area contributed by atoms with E-state index in [2.05, 4.69) is 4.90 Å². The average molecular weight is 452 g/mol. The van der Waals surface area contributed by atoms with E-state index in [4.69, 9.17) is 14.5 Å². The van der Waals surface area contributed by atoms with Gasteiger partial charge in [-0.25, -0.2) is 4.98 Å². The molecule has 3 aromatic rings. The van der Waals surface area contributed by atoms with Crippen molar-refractivity contribution in [2.75, 3.05) is 39.4 Å². The predicted octanol–water partition coefficient (Wildman–Crippen LogP) is 4.01. The molecule has 0 unspecified atom stereocenters. The van der Waals surface area contributed by atoms with E-state index in [9.17, 15) is 4.79 Å². The Kier molecular flexibility index (Phi) is 7.87. The zero-order valence-corrected chi connectivity index (χ0v) is 19.2. The third-order valence-corrected chi connectivity index (χ3v) is 6.27. The van der Waals surface area contributed by atoms with Crippen molar-refractivity contribution in [3.8, 4) is 5.75 Å². The molecule has 0 radical (unpaired) electrons. The van der Waals surface area contributed by atoms with E-state index in [1.165, 1.54) is 0 Å². The minimum atomic E-state index is 0.0319. The van der Waals surface area contributed by atoms with Crippen LogP contribution < -0.4 is 4.74 Å². The Morgan fingerprint density at radius 3 is 2.75 bits per heavy atom. The largest absolute Gasteiger partial charge is 0.486 e. The number of aromatic nitrogens is 1. The van der Waals surface area contributed by atoms with Gasteiger partial charge in [-0.1, -0.05) is 30.3 Å². The summed E-state index contributed by atoms with van der Waals surface area (Å²) in [5.41, 5.74) is 2.76. The lowest BCUT2D eigenvalue weighted by Crippen LogP contribution is -2.43. The van der Waals surface area contributed by atoms with Gasteiger partial charge in [0.05, 0.1) is 25.5 Å². The number of thiazole rings is 1. The van der Waals surface area contributed by atoms with Gasteiger partial charge >= 0.3 is 0 Å². The molecule has 6 nitrogen and oxygen atoms in total. The van der Waals surface area contributed by atoms with Crippen molar-refractivity contribution >= 4 is 17.2 Å². The molecule has 1 aliphatic heterocycles. The van der Waals surface area contributed by atoms with Crippen molar-refractivity contribution in [1.82, 2.24) is 14.8 Å². The van der Waals surface area contributed by atoms with Crippen molar-refractivity contribution in [2.45, 2.75) is 20.1 Å². The molecule has 1 aliphatic rings. The SMILES string of the molecule is Cc1cccc(OCc2nc(CN(CCN3CCOCC3)C(=O)c3ccccc3)cs2)c1. The summed E-state index contributed by atoms with van der Waals surface area (Å²) in [5.74, 6) is 0.873. The summed E-state index contributed by atoms with van der Waals surface area (Å²) in [6, 6.07) is 17.5. The number of ether oxygens (including phenoxy) is 2. The Labute approximate surface area is 193 Å². The molecule has 0 bridgehead atoms. The van der Waals surface area contributed by atoms with Crippen LogP contribution in [0.1, 0.15) is 26.6 Å². The number of benzene rings is 2. The van der Waals surface area contributed by atoms with Crippen LogP contribution in [0.3, 0.4) is 0 Å². The van der Waals surface area contributed by atoms with Crippen LogP contribution >= 0.6 is 11.3 Å². The van der Waals surface area contributed by atoms with E-state index in [0.29, 0.717) is 25.3 Å². The molecule has 0 atom stereocenters. The van der Waals surface area contributed by atoms with Crippen LogP contribution in [-0.2, 0) is 17.9 Å². The molecule has 4 rings (SSSR count). The summed E-state index contributed by atoms with van der Waals surface area (Å²) in [4.78, 5) is 22.2. The topological polar surface area (TPSA) is 54.9 Å². The summed E-state index contributed by atoms with van der Waals surface area (Å²) in [6.45, 7) is 7.76. The Balaban J connectivity index is 1.40. The lowest BCUT2D eigenvalue weighted by Gasteiger charge is -2.30. The first-order valence-electron chi connectivity index (χ1n) is 10.9. The number of nitrogens with zero attached hydrogens (tertiary/aromatic N) is 3. The van der Waals surface area contributed by atoms with Crippen LogP contribution in [0.25, 0.3) is 0 Å². The van der Waals surface area contributed by atoms with Gasteiger partial charge in [0.1, 0.15) is 17.4 Å². The number of hydrogen-bond acceptors (Lipinski definition) is 6. The molecule has 1 aromatic heterocycles. The molecule has 2 aromatic carbocycles. The third kappa shape index (κ3) is 6.38. The molecule has 0 N–H and O–H groups in total. The number of carbonyl (C=O) groups excluding carboxylic acids is 1. The van der Waals surface area contributed by atoms with Crippen molar-refractivity contribution in [3.63, 3.8) is 0 Å². The highest BCUT2D eigenvalue weighted by Crippen LogP contribution is 2.18. The van der Waals surface area contributed by atoms with Crippen LogP contribution in [-0.4, -0.2) is 60.1 Å². The fourth-order valence-corrected chi connectivity index (χ4v) is 4.33. The van der Waals surface area contributed by atoms with Crippen LogP contribution in [0.2, 0.25) is 0 Å². The van der Waals surface area contributed by atoms with Gasteiger partial charge in [-0.15, -0.1) is 11.3 Å². The Bertz CT molecular complexity index is 1000. The molecule has 32 heavy (non-hydrogen) atoms. The molecular formula is C25H29N3O3S. The van der Waals surface area contributed by atoms with Crippen LogP contribution in [0, 0.1) is 6.92 Å². The van der Waals surface area contributed by atoms with Crippen LogP contribution in [0.15, 0.2) is 60.0 Å². The summed E-state index contributed by atoms with van der Waals surface area (Å²) in [5, 5.41) is 2.93. The molecule has 1 amide bonds. The Hall–Kier alpha value is -2.74. The smallest absolute Gasteiger partial charge is 0.254 e. The van der Waals surface area contributed by atoms with Crippen molar-refractivity contribution < 1.29 is 14.3 Å². The minimum absolute atomic E-state index is 0.0319. The summed E-state index contributed by atoms with van der Waals surface area (Å²) in [7, 11) is 0. The van der Waals surface area contributed by atoms with Gasteiger partial charge in [0.2, 0.25) is 0 Å². The van der Waals surface area contributed by atoms with Gasteiger partial charge in [-0.3, -0.25) is 9.69 Å². The van der Waals surface area contributed by atoms with Gasteiger partial charge in [0.25, 0.3) is 5.91 Å². The first kappa shape index (κ1) is 22.5. The third-order valence-electron chi connectivity index (χ3n) is 5.40. The standard InChI is InChI=1S/C25H29N3O3S/c1-20-6-5-9-23(16-20)31-18-24-26-22(19-32-24)17-28(11-10-27-12-14-30-15-13-27)25(29)21-7-3-2-4-8-21/h2-9,16,19H,10-15,17-18H2,1H3. The second kappa shape index (κ2) is 11.2. The number of hydrogen-bond donors (Lipinski definition) is 0. The van der Waals surface area contributed by atoms with Crippen molar-refractivity contribution in [3.05, 3.63) is 81.8 Å². The van der Waals surface area contributed by atoms with E-state index in [-0.39, 0.29) is 5.91 Å². The number of carbonyl (C=O) groups is 1. The quantitative estimate of drug-likeness (QED) is 0.492. The minimum Gasteiger partial charge on any atom is -0.486 e. The van der Waals surface area contributed by atoms with Gasteiger partial charge in [0.15, 0.2) is 0 Å². The summed E-state index contributed by atoms with van der Waals surface area (Å²) < 4.78 is 11.3. The Morgan fingerprint density at radius 1 is 1.16 bits per heavy atom. The first-order valence-corrected chi connectivity index (χ1v) is 11.8. The van der Waals surface area contributed by atoms with Crippen LogP contribution in [0.5, 0.6) is 5.75 Å². The normalized spacial score (nSPS) is 14.3. The molecule has 1 fully saturated rings. The Morgan fingerprint density at radius 2 is 1.97 bits per heavy atom. The molecule has 7 heteroatoms. The molecule has 2 heterocycles. The first-order chi connectivity index (χ1) is 15.7. The number of morpholine rings is 1. The molecule has 0 saturated carbocycles. The van der Waals surface area contributed by atoms with E-state index in [0.717, 1.165) is 54.9 Å². The second-order valence-electron chi connectivity index (χ2n) is 7.88. The second-order valence-corrected chi connectivity index (χ2v) is 8.83. The zero-order chi connectivity index (χ0) is 22.2. The van der Waals surface area contributed by atoms with Crippen molar-refractivity contribution in [2.24, 2.45) is 0 Å². The maximum Gasteiger partial charge on any atom is 0.254 e. The van der Waals surface area contributed by atoms with Crippen molar-refractivity contribution in [1.29, 1.82) is 0 Å². The van der Waals surface area contributed by atoms with E-state index in [1.54, 1.807) is 11.3 Å². The van der Waals surface area contributed by atoms with E-state index < -0.39 is 0 Å². The van der Waals surface area contributed by atoms with Gasteiger partial charge in [0, 0.05) is 37.1 Å². The predicted molar refractivity (Wildman–Crippen MR) is 126 cm³/mol. The van der Waals surface area contributed by atoms with E-state index in [1.807, 2.05) is 71.8 Å². The van der Waals surface area contributed by atoms with Crippen LogP contribution in [0.4, 0.5) is 0 Å². The monoisotopic (exact) mass is 451 g/mol. The number of rotatable bonds is 9. The fourth-order valence-electron chi connectivity index (χ4n) is 3.64. The number of aryl methyl sites for hydroxylation is 1. The molecular weight excluding hydrogens is 422 g/mol. The molecule has 0 spiro atoms. The lowest BCUT2D eigenvalue weighted by molar-refractivity contribution is 0.0319. The highest BCUT2D eigenvalue weighted by molar-refractivity contribution is 7.09. The highest BCUT2D eigenvalue weighted by Gasteiger charge is 2.19. The fraction of sp³-hybridized carbons (Fsp3) is 0.360. The number of amides is 1. The van der Waals surface area contributed by atoms with Gasteiger partial charge in [-0.05, 0) is 36.8 Å². The average Bonchev–Trinajstić information content (AvgIpc) is 3.29. The zero-order valence-electron chi connectivity index (χ0n) is 18.4. The maximum atomic E-state index is 13.2. The molecule has 0 aliphatic carbocycles. The van der Waals surface area contributed by atoms with Gasteiger partial charge in [-0.2, -0.15) is 0 Å². The maximum absolute atomic E-state index is 13.2. The summed E-state index contributed by atoms with van der Waals surface area (Å²) >= 11 is 1.57. The van der Waals surface area contributed by atoms with E-state index >= 15 is 0 Å². The van der Waals surface area contributed by atoms with Gasteiger partial charge < -0.3 is 14.4 Å². The molecule has 168 valence electrons. The highest BCUT2D eigenvalue weighted by atomic mass is 32.1.